The molecule has 3 aromatic heterocycles. The second-order valence-corrected chi connectivity index (χ2v) is 6.43. The van der Waals surface area contributed by atoms with Gasteiger partial charge in [-0.3, -0.25) is 9.20 Å². The molecule has 0 aliphatic heterocycles. The molecule has 3 heterocycles. The van der Waals surface area contributed by atoms with E-state index in [1.54, 1.807) is 18.3 Å². The van der Waals surface area contributed by atoms with Gasteiger partial charge in [-0.15, -0.1) is 0 Å². The molecule has 0 aliphatic rings. The second-order valence-electron chi connectivity index (χ2n) is 6.43. The summed E-state index contributed by atoms with van der Waals surface area (Å²) in [5, 5.41) is 12.5. The van der Waals surface area contributed by atoms with Gasteiger partial charge in [0.25, 0.3) is 5.56 Å². The number of fused-ring (bicyclic) bond motifs is 1. The van der Waals surface area contributed by atoms with E-state index in [9.17, 15) is 10.1 Å². The Bertz CT molecular complexity index is 1290. The fraction of sp³-hybridized carbons (Fsp3) is 0.0952. The monoisotopic (exact) mass is 383 g/mol. The number of nitrogen functional groups attached to an aromatic ring is 1. The van der Waals surface area contributed by atoms with Crippen LogP contribution in [0, 0.1) is 11.3 Å². The Morgan fingerprint density at radius 2 is 1.90 bits per heavy atom. The number of nitrogens with one attached hydrogen (secondary N) is 1. The Morgan fingerprint density at radius 1 is 1.14 bits per heavy atom. The molecule has 0 unspecified atom stereocenters. The number of pyridine rings is 1. The molecule has 0 bridgehead atoms. The SMILES string of the molecule is C[C@H](Nc1ncnc(N)c1C#N)c1nc2ccccn2c(=O)c1-c1ccccc1. The van der Waals surface area contributed by atoms with Crippen LogP contribution in [-0.2, 0) is 0 Å². The molecular weight excluding hydrogens is 366 g/mol. The number of nitrogens with zero attached hydrogens (tertiary/aromatic N) is 5. The smallest absolute Gasteiger partial charge is 0.266 e. The Labute approximate surface area is 166 Å². The molecule has 1 atom stereocenters. The molecule has 0 spiro atoms. The van der Waals surface area contributed by atoms with Crippen molar-refractivity contribution in [2.75, 3.05) is 11.1 Å². The van der Waals surface area contributed by atoms with E-state index in [1.165, 1.54) is 10.7 Å². The van der Waals surface area contributed by atoms with E-state index in [2.05, 4.69) is 15.3 Å². The summed E-state index contributed by atoms with van der Waals surface area (Å²) in [6.07, 6.45) is 2.98. The van der Waals surface area contributed by atoms with Crippen molar-refractivity contribution < 1.29 is 0 Å². The molecule has 4 rings (SSSR count). The highest BCUT2D eigenvalue weighted by Crippen LogP contribution is 2.27. The third-order valence-corrected chi connectivity index (χ3v) is 4.58. The largest absolute Gasteiger partial charge is 0.382 e. The number of aromatic nitrogens is 4. The molecule has 1 aromatic carbocycles. The minimum atomic E-state index is -0.426. The minimum absolute atomic E-state index is 0.0898. The molecule has 0 saturated carbocycles. The van der Waals surface area contributed by atoms with Gasteiger partial charge in [-0.2, -0.15) is 5.26 Å². The first-order valence-corrected chi connectivity index (χ1v) is 8.94. The van der Waals surface area contributed by atoms with Crippen LogP contribution < -0.4 is 16.6 Å². The Morgan fingerprint density at radius 3 is 2.66 bits per heavy atom. The van der Waals surface area contributed by atoms with Crippen LogP contribution in [-0.4, -0.2) is 19.4 Å². The lowest BCUT2D eigenvalue weighted by atomic mass is 10.0. The average Bonchev–Trinajstić information content (AvgIpc) is 2.74. The van der Waals surface area contributed by atoms with Crippen LogP contribution in [0.2, 0.25) is 0 Å². The van der Waals surface area contributed by atoms with E-state index in [0.29, 0.717) is 22.7 Å². The van der Waals surface area contributed by atoms with E-state index in [0.717, 1.165) is 5.56 Å². The highest BCUT2D eigenvalue weighted by molar-refractivity contribution is 5.69. The summed E-state index contributed by atoms with van der Waals surface area (Å²) in [6.45, 7) is 1.85. The lowest BCUT2D eigenvalue weighted by Gasteiger charge is -2.19. The first-order chi connectivity index (χ1) is 14.1. The molecule has 8 nitrogen and oxygen atoms in total. The average molecular weight is 383 g/mol. The van der Waals surface area contributed by atoms with Crippen molar-refractivity contribution >= 4 is 17.3 Å². The van der Waals surface area contributed by atoms with Crippen LogP contribution in [0.1, 0.15) is 24.2 Å². The van der Waals surface area contributed by atoms with Gasteiger partial charge in [0.2, 0.25) is 0 Å². The van der Waals surface area contributed by atoms with Gasteiger partial charge in [-0.05, 0) is 24.6 Å². The maximum absolute atomic E-state index is 13.3. The van der Waals surface area contributed by atoms with Crippen LogP contribution in [0.5, 0.6) is 0 Å². The maximum atomic E-state index is 13.3. The number of hydrogen-bond donors (Lipinski definition) is 2. The van der Waals surface area contributed by atoms with Crippen molar-refractivity contribution in [1.29, 1.82) is 5.26 Å². The van der Waals surface area contributed by atoms with Crippen molar-refractivity contribution in [1.82, 2.24) is 19.4 Å². The topological polar surface area (TPSA) is 122 Å². The summed E-state index contributed by atoms with van der Waals surface area (Å²) in [5.41, 5.74) is 8.08. The zero-order valence-electron chi connectivity index (χ0n) is 15.6. The quantitative estimate of drug-likeness (QED) is 0.555. The van der Waals surface area contributed by atoms with Gasteiger partial charge in [0.05, 0.1) is 17.3 Å². The molecule has 29 heavy (non-hydrogen) atoms. The van der Waals surface area contributed by atoms with Gasteiger partial charge < -0.3 is 11.1 Å². The normalized spacial score (nSPS) is 11.7. The number of benzene rings is 1. The maximum Gasteiger partial charge on any atom is 0.266 e. The molecule has 0 aliphatic carbocycles. The van der Waals surface area contributed by atoms with E-state index in [4.69, 9.17) is 10.7 Å². The number of rotatable bonds is 4. The van der Waals surface area contributed by atoms with Crippen LogP contribution >= 0.6 is 0 Å². The highest BCUT2D eigenvalue weighted by Gasteiger charge is 2.21. The first-order valence-electron chi connectivity index (χ1n) is 8.94. The van der Waals surface area contributed by atoms with Crippen LogP contribution in [0.25, 0.3) is 16.8 Å². The Hall–Kier alpha value is -4.25. The highest BCUT2D eigenvalue weighted by atomic mass is 16.1. The lowest BCUT2D eigenvalue weighted by Crippen LogP contribution is -2.23. The van der Waals surface area contributed by atoms with Gasteiger partial charge in [0.1, 0.15) is 35.2 Å². The second kappa shape index (κ2) is 7.40. The zero-order chi connectivity index (χ0) is 20.4. The van der Waals surface area contributed by atoms with Crippen molar-refractivity contribution in [3.8, 4) is 17.2 Å². The predicted octanol–water partition coefficient (Wildman–Crippen LogP) is 2.78. The van der Waals surface area contributed by atoms with Gasteiger partial charge in [-0.1, -0.05) is 36.4 Å². The zero-order valence-corrected chi connectivity index (χ0v) is 15.6. The number of nitrogens with two attached hydrogens (primary N) is 1. The summed E-state index contributed by atoms with van der Waals surface area (Å²) >= 11 is 0. The summed E-state index contributed by atoms with van der Waals surface area (Å²) in [7, 11) is 0. The summed E-state index contributed by atoms with van der Waals surface area (Å²) in [6, 6.07) is 16.3. The third-order valence-electron chi connectivity index (χ3n) is 4.58. The molecule has 0 saturated heterocycles. The van der Waals surface area contributed by atoms with Crippen molar-refractivity contribution in [3.63, 3.8) is 0 Å². The van der Waals surface area contributed by atoms with Gasteiger partial charge >= 0.3 is 0 Å². The van der Waals surface area contributed by atoms with Gasteiger partial charge in [-0.25, -0.2) is 15.0 Å². The Balaban J connectivity index is 1.90. The Kier molecular flexibility index (Phi) is 4.63. The molecule has 3 N–H and O–H groups in total. The number of hydrogen-bond acceptors (Lipinski definition) is 7. The first kappa shape index (κ1) is 18.1. The van der Waals surface area contributed by atoms with Crippen molar-refractivity contribution in [2.45, 2.75) is 13.0 Å². The van der Waals surface area contributed by atoms with E-state index in [1.807, 2.05) is 49.4 Å². The van der Waals surface area contributed by atoms with Crippen LogP contribution in [0.3, 0.4) is 0 Å². The summed E-state index contributed by atoms with van der Waals surface area (Å²) in [5.74, 6) is 0.383. The minimum Gasteiger partial charge on any atom is -0.382 e. The molecular formula is C21H17N7O. The van der Waals surface area contributed by atoms with Crippen LogP contribution in [0.4, 0.5) is 11.6 Å². The van der Waals surface area contributed by atoms with Crippen LogP contribution in [0.15, 0.2) is 65.8 Å². The van der Waals surface area contributed by atoms with E-state index >= 15 is 0 Å². The molecule has 0 fully saturated rings. The molecule has 4 aromatic rings. The predicted molar refractivity (Wildman–Crippen MR) is 110 cm³/mol. The number of nitriles is 1. The molecule has 0 amide bonds. The van der Waals surface area contributed by atoms with Crippen molar-refractivity contribution in [2.24, 2.45) is 0 Å². The molecule has 8 heteroatoms. The van der Waals surface area contributed by atoms with Crippen molar-refractivity contribution in [3.05, 3.63) is 82.7 Å². The third kappa shape index (κ3) is 3.26. The van der Waals surface area contributed by atoms with E-state index < -0.39 is 6.04 Å². The summed E-state index contributed by atoms with van der Waals surface area (Å²) in [4.78, 5) is 26.0. The van der Waals surface area contributed by atoms with Gasteiger partial charge in [0.15, 0.2) is 0 Å². The standard InChI is InChI=1S/C21H17N7O/c1-13(26-20-15(11-22)19(23)24-12-25-20)18-17(14-7-3-2-4-8-14)21(29)28-10-6-5-9-16(28)27-18/h2-10,12-13H,1H3,(H3,23,24,25,26)/t13-/m0/s1. The fourth-order valence-corrected chi connectivity index (χ4v) is 3.19. The van der Waals surface area contributed by atoms with Gasteiger partial charge in [0, 0.05) is 6.20 Å². The number of anilines is 2. The fourth-order valence-electron chi connectivity index (χ4n) is 3.19. The molecule has 142 valence electrons. The van der Waals surface area contributed by atoms with E-state index in [-0.39, 0.29) is 16.9 Å². The molecule has 0 radical (unpaired) electrons. The summed E-state index contributed by atoms with van der Waals surface area (Å²) < 4.78 is 1.52. The lowest BCUT2D eigenvalue weighted by molar-refractivity contribution is 0.822.